The summed E-state index contributed by atoms with van der Waals surface area (Å²) in [6, 6.07) is 10.7. The van der Waals surface area contributed by atoms with Gasteiger partial charge in [0.1, 0.15) is 17.1 Å². The average Bonchev–Trinajstić information content (AvgIpc) is 3.07. The van der Waals surface area contributed by atoms with Crippen molar-refractivity contribution in [2.75, 3.05) is 12.4 Å². The van der Waals surface area contributed by atoms with Crippen LogP contribution in [0.3, 0.4) is 0 Å². The molecule has 1 aliphatic heterocycles. The number of H-pyrrole nitrogens is 1. The highest BCUT2D eigenvalue weighted by Gasteiger charge is 2.68. The zero-order valence-electron chi connectivity index (χ0n) is 17.1. The van der Waals surface area contributed by atoms with Crippen LogP contribution in [-0.4, -0.2) is 34.7 Å². The Morgan fingerprint density at radius 3 is 2.32 bits per heavy atom. The summed E-state index contributed by atoms with van der Waals surface area (Å²) in [5.41, 5.74) is -7.93. The van der Waals surface area contributed by atoms with Crippen LogP contribution in [0.15, 0.2) is 58.1 Å². The number of benzene rings is 2. The number of hydrogen-bond acceptors (Lipinski definition) is 5. The fourth-order valence-electron chi connectivity index (χ4n) is 3.64. The van der Waals surface area contributed by atoms with Gasteiger partial charge in [-0.1, -0.05) is 23.7 Å². The maximum atomic E-state index is 14.5. The van der Waals surface area contributed by atoms with Crippen molar-refractivity contribution in [2.45, 2.75) is 11.7 Å². The molecule has 3 aromatic rings. The molecule has 2 amide bonds. The summed E-state index contributed by atoms with van der Waals surface area (Å²) < 4.78 is 49.1. The molecule has 34 heavy (non-hydrogen) atoms. The molecule has 4 rings (SSSR count). The molecule has 1 aromatic heterocycles. The van der Waals surface area contributed by atoms with Crippen LogP contribution in [0.2, 0.25) is 5.02 Å². The maximum Gasteiger partial charge on any atom is 0.425 e. The first kappa shape index (κ1) is 23.1. The number of ether oxygens (including phenoxy) is 1. The summed E-state index contributed by atoms with van der Waals surface area (Å²) in [7, 11) is 1.39. The molecule has 0 saturated carbocycles. The Labute approximate surface area is 193 Å². The Hall–Kier alpha value is -4.06. The molecule has 2 heterocycles. The molecule has 1 atom stereocenters. The summed E-state index contributed by atoms with van der Waals surface area (Å²) in [5.74, 6) is -3.47. The number of aromatic nitrogens is 2. The SMILES string of the molecule is COc1ccc(-n2c3c(c(=O)[nH]c2=O)[C@@](NC(=O)c2ccccc2Cl)(C(F)(F)F)C(=O)N3)cc1. The van der Waals surface area contributed by atoms with Crippen LogP contribution in [0.4, 0.5) is 19.0 Å². The number of nitrogens with one attached hydrogen (secondary N) is 3. The summed E-state index contributed by atoms with van der Waals surface area (Å²) in [6.45, 7) is 0. The third kappa shape index (κ3) is 3.43. The second kappa shape index (κ2) is 8.06. The number of alkyl halides is 3. The third-order valence-electron chi connectivity index (χ3n) is 5.23. The molecule has 0 fully saturated rings. The van der Waals surface area contributed by atoms with E-state index in [4.69, 9.17) is 16.3 Å². The zero-order chi connectivity index (χ0) is 24.8. The van der Waals surface area contributed by atoms with Gasteiger partial charge in [0.2, 0.25) is 0 Å². The summed E-state index contributed by atoms with van der Waals surface area (Å²) in [6.07, 6.45) is -5.48. The van der Waals surface area contributed by atoms with E-state index in [1.807, 2.05) is 5.32 Å². The van der Waals surface area contributed by atoms with Crippen LogP contribution in [0.25, 0.3) is 5.69 Å². The van der Waals surface area contributed by atoms with Crippen molar-refractivity contribution in [3.63, 3.8) is 0 Å². The molecule has 176 valence electrons. The van der Waals surface area contributed by atoms with Crippen LogP contribution in [0.1, 0.15) is 15.9 Å². The number of hydrogen-bond donors (Lipinski definition) is 3. The van der Waals surface area contributed by atoms with E-state index in [1.165, 1.54) is 49.6 Å². The molecule has 9 nitrogen and oxygen atoms in total. The van der Waals surface area contributed by atoms with Crippen LogP contribution in [0, 0.1) is 0 Å². The second-order valence-corrected chi connectivity index (χ2v) is 7.56. The van der Waals surface area contributed by atoms with Gasteiger partial charge in [-0.25, -0.2) is 9.36 Å². The Bertz CT molecular complexity index is 1430. The van der Waals surface area contributed by atoms with Crippen LogP contribution >= 0.6 is 11.6 Å². The molecular weight excluding hydrogens is 481 g/mol. The highest BCUT2D eigenvalue weighted by Crippen LogP contribution is 2.45. The molecule has 0 unspecified atom stereocenters. The molecule has 1 aliphatic rings. The molecule has 3 N–H and O–H groups in total. The minimum atomic E-state index is -5.48. The average molecular weight is 495 g/mol. The first-order valence-electron chi connectivity index (χ1n) is 9.50. The minimum absolute atomic E-state index is 0.0222. The van der Waals surface area contributed by atoms with Crippen molar-refractivity contribution in [1.82, 2.24) is 14.9 Å². The van der Waals surface area contributed by atoms with Gasteiger partial charge in [0.25, 0.3) is 22.9 Å². The highest BCUT2D eigenvalue weighted by atomic mass is 35.5. The number of carbonyl (C=O) groups excluding carboxylic acids is 2. The van der Waals surface area contributed by atoms with E-state index in [0.29, 0.717) is 10.3 Å². The Balaban J connectivity index is 1.97. The lowest BCUT2D eigenvalue weighted by molar-refractivity contribution is -0.196. The number of anilines is 1. The number of aromatic amines is 1. The fourth-order valence-corrected chi connectivity index (χ4v) is 3.86. The van der Waals surface area contributed by atoms with Gasteiger partial charge in [-0.05, 0) is 36.4 Å². The molecule has 0 bridgehead atoms. The predicted molar refractivity (Wildman–Crippen MR) is 114 cm³/mol. The van der Waals surface area contributed by atoms with Crippen molar-refractivity contribution >= 4 is 29.2 Å². The lowest BCUT2D eigenvalue weighted by Crippen LogP contribution is -2.62. The lowest BCUT2D eigenvalue weighted by Gasteiger charge is -2.30. The summed E-state index contributed by atoms with van der Waals surface area (Å²) >= 11 is 5.92. The molecule has 0 spiro atoms. The van der Waals surface area contributed by atoms with Crippen molar-refractivity contribution in [2.24, 2.45) is 0 Å². The number of methoxy groups -OCH3 is 1. The molecule has 13 heteroatoms. The molecule has 0 saturated heterocycles. The minimum Gasteiger partial charge on any atom is -0.497 e. The topological polar surface area (TPSA) is 122 Å². The van der Waals surface area contributed by atoms with Gasteiger partial charge in [-0.2, -0.15) is 13.2 Å². The molecule has 0 aliphatic carbocycles. The van der Waals surface area contributed by atoms with Crippen molar-refractivity contribution in [1.29, 1.82) is 0 Å². The van der Waals surface area contributed by atoms with Gasteiger partial charge in [0.15, 0.2) is 0 Å². The highest BCUT2D eigenvalue weighted by molar-refractivity contribution is 6.34. The van der Waals surface area contributed by atoms with Crippen molar-refractivity contribution in [3.05, 3.63) is 85.5 Å². The summed E-state index contributed by atoms with van der Waals surface area (Å²) in [4.78, 5) is 52.6. The molecule has 0 radical (unpaired) electrons. The number of carbonyl (C=O) groups is 2. The summed E-state index contributed by atoms with van der Waals surface area (Å²) in [5, 5.41) is 3.41. The first-order chi connectivity index (χ1) is 16.0. The van der Waals surface area contributed by atoms with E-state index >= 15 is 0 Å². The number of amides is 2. The van der Waals surface area contributed by atoms with Gasteiger partial charge >= 0.3 is 11.9 Å². The largest absolute Gasteiger partial charge is 0.497 e. The lowest BCUT2D eigenvalue weighted by atomic mass is 9.91. The fraction of sp³-hybridized carbons (Fsp3) is 0.143. The van der Waals surface area contributed by atoms with E-state index in [2.05, 4.69) is 0 Å². The first-order valence-corrected chi connectivity index (χ1v) is 9.88. The Kier molecular flexibility index (Phi) is 5.48. The van der Waals surface area contributed by atoms with Crippen molar-refractivity contribution in [3.8, 4) is 11.4 Å². The number of halogens is 4. The predicted octanol–water partition coefficient (Wildman–Crippen LogP) is 2.33. The zero-order valence-corrected chi connectivity index (χ0v) is 17.9. The van der Waals surface area contributed by atoms with Gasteiger partial charge in [-0.3, -0.25) is 19.4 Å². The Morgan fingerprint density at radius 1 is 1.09 bits per heavy atom. The molecule has 2 aromatic carbocycles. The second-order valence-electron chi connectivity index (χ2n) is 7.15. The van der Waals surface area contributed by atoms with Crippen LogP contribution in [-0.2, 0) is 10.3 Å². The number of rotatable bonds is 4. The van der Waals surface area contributed by atoms with E-state index in [0.717, 1.165) is 6.07 Å². The molecular formula is C21H14ClF3N4O5. The van der Waals surface area contributed by atoms with Gasteiger partial charge in [0, 0.05) is 0 Å². The maximum absolute atomic E-state index is 14.5. The van der Waals surface area contributed by atoms with Gasteiger partial charge < -0.3 is 15.4 Å². The standard InChI is InChI=1S/C21H14ClF3N4O5/c1-34-11-8-6-10(7-9-11)29-15-14(17(31)27-19(29)33)20(18(32)26-15,21(23,24)25)28-16(30)12-4-2-3-5-13(12)22/h2-9H,1H3,(H,26,32)(H,28,30)(H,27,31,33)/t20-/m0/s1. The van der Waals surface area contributed by atoms with E-state index in [9.17, 15) is 32.3 Å². The van der Waals surface area contributed by atoms with E-state index in [-0.39, 0.29) is 16.3 Å². The quantitative estimate of drug-likeness (QED) is 0.514. The Morgan fingerprint density at radius 2 is 1.74 bits per heavy atom. The normalized spacial score (nSPS) is 17.1. The van der Waals surface area contributed by atoms with Gasteiger partial charge in [0.05, 0.1) is 23.4 Å². The third-order valence-corrected chi connectivity index (χ3v) is 5.56. The van der Waals surface area contributed by atoms with Crippen LogP contribution < -0.4 is 26.6 Å². The van der Waals surface area contributed by atoms with Crippen LogP contribution in [0.5, 0.6) is 5.75 Å². The van der Waals surface area contributed by atoms with Crippen molar-refractivity contribution < 1.29 is 27.5 Å². The van der Waals surface area contributed by atoms with Gasteiger partial charge in [-0.15, -0.1) is 0 Å². The smallest absolute Gasteiger partial charge is 0.425 e. The number of nitrogens with zero attached hydrogens (tertiary/aromatic N) is 1. The monoisotopic (exact) mass is 494 g/mol. The van der Waals surface area contributed by atoms with E-state index < -0.39 is 46.2 Å². The van der Waals surface area contributed by atoms with E-state index in [1.54, 1.807) is 10.3 Å². The number of fused-ring (bicyclic) bond motifs is 1.